The number of rotatable bonds is 58. The third kappa shape index (κ3) is 59.4. The summed E-state index contributed by atoms with van der Waals surface area (Å²) in [5.41, 5.74) is 0. The van der Waals surface area contributed by atoms with Crippen LogP contribution in [-0.2, 0) is 18.4 Å². The van der Waals surface area contributed by atoms with Crippen LogP contribution >= 0.6 is 7.82 Å². The van der Waals surface area contributed by atoms with Crippen LogP contribution in [0, 0.1) is 0 Å². The van der Waals surface area contributed by atoms with Crippen molar-refractivity contribution < 1.29 is 32.9 Å². The summed E-state index contributed by atoms with van der Waals surface area (Å²) in [5, 5.41) is 14.0. The Morgan fingerprint density at radius 2 is 0.813 bits per heavy atom. The average Bonchev–Trinajstić information content (AvgIpc) is 3.37. The Morgan fingerprint density at radius 1 is 0.480 bits per heavy atom. The van der Waals surface area contributed by atoms with Gasteiger partial charge in [-0.2, -0.15) is 0 Å². The van der Waals surface area contributed by atoms with Gasteiger partial charge in [0, 0.05) is 6.42 Å². The number of nitrogens with zero attached hydrogens (tertiary/aromatic N) is 1. The van der Waals surface area contributed by atoms with Crippen molar-refractivity contribution in [1.82, 2.24) is 5.32 Å². The lowest BCUT2D eigenvalue weighted by Crippen LogP contribution is -2.46. The number of nitrogens with one attached hydrogen (secondary N) is 1. The maximum Gasteiger partial charge on any atom is 0.268 e. The van der Waals surface area contributed by atoms with E-state index in [0.29, 0.717) is 23.9 Å². The standard InChI is InChI=1S/C66H123N2O6P/c1-6-8-10-12-14-16-18-20-22-24-26-27-28-29-30-31-32-33-34-35-36-37-38-39-40-41-42-44-46-48-50-52-54-56-58-60-66(70)67-64(63-74-75(71,72)73-62-61-68(3,4)5)65(69)59-57-55-53-51-49-47-45-43-25-23-21-19-17-15-13-11-9-7-2/h8,10,14,16,20,22,26-27,29-30,32-33,64-65,69H,6-7,9,11-13,15,17-19,21,23-25,28,31,34-63H2,1-5H3,(H-,67,70,71,72)/b10-8-,16-14-,22-20-,27-26-,30-29-,33-32-. The summed E-state index contributed by atoms with van der Waals surface area (Å²) in [5.74, 6) is -0.163. The van der Waals surface area contributed by atoms with Crippen LogP contribution in [0.15, 0.2) is 72.9 Å². The molecule has 9 heteroatoms. The van der Waals surface area contributed by atoms with Gasteiger partial charge in [-0.3, -0.25) is 9.36 Å². The van der Waals surface area contributed by atoms with Crippen molar-refractivity contribution in [2.75, 3.05) is 40.9 Å². The average molecular weight is 1070 g/mol. The number of carbonyl (C=O) groups is 1. The van der Waals surface area contributed by atoms with Gasteiger partial charge >= 0.3 is 0 Å². The van der Waals surface area contributed by atoms with E-state index in [-0.39, 0.29) is 19.1 Å². The molecule has 0 rings (SSSR count). The molecule has 0 saturated heterocycles. The van der Waals surface area contributed by atoms with Crippen molar-refractivity contribution in [2.45, 2.75) is 302 Å². The molecule has 0 aliphatic carbocycles. The van der Waals surface area contributed by atoms with Gasteiger partial charge in [-0.05, 0) is 64.2 Å². The van der Waals surface area contributed by atoms with Crippen molar-refractivity contribution in [2.24, 2.45) is 0 Å². The number of aliphatic hydroxyl groups is 1. The predicted octanol–water partition coefficient (Wildman–Crippen LogP) is 19.2. The molecule has 8 nitrogen and oxygen atoms in total. The smallest absolute Gasteiger partial charge is 0.268 e. The second-order valence-electron chi connectivity index (χ2n) is 22.7. The minimum Gasteiger partial charge on any atom is -0.756 e. The highest BCUT2D eigenvalue weighted by molar-refractivity contribution is 7.45. The van der Waals surface area contributed by atoms with Gasteiger partial charge < -0.3 is 28.8 Å². The molecule has 0 aliphatic heterocycles. The molecule has 0 aliphatic rings. The zero-order valence-corrected chi connectivity index (χ0v) is 50.9. The van der Waals surface area contributed by atoms with Gasteiger partial charge in [-0.15, -0.1) is 0 Å². The molecule has 0 bridgehead atoms. The van der Waals surface area contributed by atoms with Crippen LogP contribution in [0.5, 0.6) is 0 Å². The van der Waals surface area contributed by atoms with Gasteiger partial charge in [0.25, 0.3) is 7.82 Å². The Bertz CT molecular complexity index is 1450. The minimum atomic E-state index is -4.58. The van der Waals surface area contributed by atoms with Gasteiger partial charge in [0.2, 0.25) is 5.91 Å². The van der Waals surface area contributed by atoms with Gasteiger partial charge in [0.1, 0.15) is 13.2 Å². The maximum absolute atomic E-state index is 13.0. The summed E-state index contributed by atoms with van der Waals surface area (Å²) < 4.78 is 23.5. The maximum atomic E-state index is 13.0. The Kier molecular flexibility index (Phi) is 55.1. The van der Waals surface area contributed by atoms with E-state index < -0.39 is 20.0 Å². The summed E-state index contributed by atoms with van der Waals surface area (Å²) in [4.78, 5) is 25.6. The molecule has 2 N–H and O–H groups in total. The summed E-state index contributed by atoms with van der Waals surface area (Å²) in [7, 11) is 1.31. The van der Waals surface area contributed by atoms with Crippen molar-refractivity contribution in [3.05, 3.63) is 72.9 Å². The Balaban J connectivity index is 4.03. The second-order valence-corrected chi connectivity index (χ2v) is 24.2. The fourth-order valence-corrected chi connectivity index (χ4v) is 10.0. The van der Waals surface area contributed by atoms with E-state index >= 15 is 0 Å². The number of quaternary nitrogens is 1. The normalized spacial score (nSPS) is 14.3. The monoisotopic (exact) mass is 1070 g/mol. The minimum absolute atomic E-state index is 0.0115. The third-order valence-corrected chi connectivity index (χ3v) is 15.2. The Morgan fingerprint density at radius 3 is 1.19 bits per heavy atom. The van der Waals surface area contributed by atoms with E-state index in [4.69, 9.17) is 9.05 Å². The SMILES string of the molecule is CC/C=C\C/C=C\C/C=C\C/C=C\C/C=C\C/C=C\CCCCCCCCCCCCCCCCCCC(=O)NC(COP(=O)([O-])OCC[N+](C)(C)C)C(O)CCCCCCCCCCCCCCCCCCCC. The largest absolute Gasteiger partial charge is 0.756 e. The molecule has 0 heterocycles. The van der Waals surface area contributed by atoms with Crippen molar-refractivity contribution >= 4 is 13.7 Å². The number of allylic oxidation sites excluding steroid dienone is 12. The summed E-state index contributed by atoms with van der Waals surface area (Å²) in [6.45, 7) is 4.64. The first-order chi connectivity index (χ1) is 36.5. The number of aliphatic hydroxyl groups excluding tert-OH is 1. The van der Waals surface area contributed by atoms with Crippen LogP contribution in [0.3, 0.4) is 0 Å². The fraction of sp³-hybridized carbons (Fsp3) is 0.803. The van der Waals surface area contributed by atoms with Crippen LogP contribution in [0.25, 0.3) is 0 Å². The van der Waals surface area contributed by atoms with Crippen LogP contribution in [0.4, 0.5) is 0 Å². The molecule has 0 saturated carbocycles. The molecular formula is C66H123N2O6P. The number of carbonyl (C=O) groups excluding carboxylic acids is 1. The van der Waals surface area contributed by atoms with E-state index in [2.05, 4.69) is 92.1 Å². The molecule has 0 radical (unpaired) electrons. The highest BCUT2D eigenvalue weighted by Crippen LogP contribution is 2.38. The van der Waals surface area contributed by atoms with Gasteiger partial charge in [-0.1, -0.05) is 292 Å². The quantitative estimate of drug-likeness (QED) is 0.0272. The first kappa shape index (κ1) is 72.9. The lowest BCUT2D eigenvalue weighted by molar-refractivity contribution is -0.870. The van der Waals surface area contributed by atoms with E-state index in [1.807, 2.05) is 21.1 Å². The number of phosphoric acid groups is 1. The molecule has 1 amide bonds. The van der Waals surface area contributed by atoms with Gasteiger partial charge in [-0.25, -0.2) is 0 Å². The molecule has 0 aromatic carbocycles. The van der Waals surface area contributed by atoms with Crippen LogP contribution in [-0.4, -0.2) is 68.5 Å². The molecule has 0 aromatic rings. The Hall–Kier alpha value is -2.06. The molecule has 0 aromatic heterocycles. The predicted molar refractivity (Wildman–Crippen MR) is 325 cm³/mol. The number of phosphoric ester groups is 1. The first-order valence-electron chi connectivity index (χ1n) is 31.8. The zero-order valence-electron chi connectivity index (χ0n) is 50.0. The lowest BCUT2D eigenvalue weighted by atomic mass is 10.0. The second kappa shape index (κ2) is 56.7. The molecule has 75 heavy (non-hydrogen) atoms. The fourth-order valence-electron chi connectivity index (χ4n) is 9.28. The van der Waals surface area contributed by atoms with E-state index in [9.17, 15) is 19.4 Å². The molecule has 0 spiro atoms. The topological polar surface area (TPSA) is 108 Å². The lowest BCUT2D eigenvalue weighted by Gasteiger charge is -2.30. The van der Waals surface area contributed by atoms with Crippen molar-refractivity contribution in [3.63, 3.8) is 0 Å². The van der Waals surface area contributed by atoms with E-state index in [0.717, 1.165) is 77.0 Å². The van der Waals surface area contributed by atoms with Crippen molar-refractivity contribution in [3.8, 4) is 0 Å². The highest BCUT2D eigenvalue weighted by Gasteiger charge is 2.24. The number of hydrogen-bond donors (Lipinski definition) is 2. The van der Waals surface area contributed by atoms with E-state index in [1.165, 1.54) is 186 Å². The zero-order chi connectivity index (χ0) is 54.9. The molecule has 3 atom stereocenters. The highest BCUT2D eigenvalue weighted by atomic mass is 31.2. The molecular weight excluding hydrogens is 948 g/mol. The third-order valence-electron chi connectivity index (χ3n) is 14.2. The number of hydrogen-bond acceptors (Lipinski definition) is 6. The first-order valence-corrected chi connectivity index (χ1v) is 33.2. The summed E-state index contributed by atoms with van der Waals surface area (Å²) in [6.07, 6.45) is 78.1. The van der Waals surface area contributed by atoms with Crippen molar-refractivity contribution in [1.29, 1.82) is 0 Å². The Labute approximate surface area is 465 Å². The van der Waals surface area contributed by atoms with E-state index in [1.54, 1.807) is 0 Å². The molecule has 3 unspecified atom stereocenters. The molecule has 0 fully saturated rings. The summed E-state index contributed by atoms with van der Waals surface area (Å²) in [6, 6.07) is -0.803. The number of amides is 1. The van der Waals surface area contributed by atoms with Crippen LogP contribution in [0.1, 0.15) is 290 Å². The van der Waals surface area contributed by atoms with Gasteiger partial charge in [0.15, 0.2) is 0 Å². The number of likely N-dealkylation sites (N-methyl/N-ethyl adjacent to an activating group) is 1. The number of unbranched alkanes of at least 4 members (excludes halogenated alkanes) is 33. The van der Waals surface area contributed by atoms with Gasteiger partial charge in [0.05, 0.1) is 39.9 Å². The van der Waals surface area contributed by atoms with Crippen LogP contribution in [0.2, 0.25) is 0 Å². The molecule has 438 valence electrons. The van der Waals surface area contributed by atoms with Crippen LogP contribution < -0.4 is 10.2 Å². The summed E-state index contributed by atoms with van der Waals surface area (Å²) >= 11 is 0.